The zero-order valence-corrected chi connectivity index (χ0v) is 14.2. The summed E-state index contributed by atoms with van der Waals surface area (Å²) in [7, 11) is 0. The van der Waals surface area contributed by atoms with Crippen molar-refractivity contribution in [2.75, 3.05) is 6.54 Å². The van der Waals surface area contributed by atoms with Gasteiger partial charge in [0.05, 0.1) is 12.5 Å². The Hall–Kier alpha value is -2.62. The summed E-state index contributed by atoms with van der Waals surface area (Å²) in [6, 6.07) is 18.2. The number of hydrogen-bond donors (Lipinski definition) is 2. The maximum atomic E-state index is 12.4. The van der Waals surface area contributed by atoms with Crippen LogP contribution in [0.1, 0.15) is 42.2 Å². The minimum atomic E-state index is -0.355. The molecule has 0 fully saturated rings. The standard InChI is InChI=1S/C20H24N2O2/c1-15(2)14-21-19(23)13-18(16-9-5-3-6-10-16)22-20(24)17-11-7-4-8-12-17/h3-12,15,18H,13-14H2,1-2H3,(H,21,23)(H,22,24)/t18-/m0/s1. The molecule has 0 saturated carbocycles. The molecule has 0 aliphatic heterocycles. The average molecular weight is 324 g/mol. The molecule has 2 N–H and O–H groups in total. The van der Waals surface area contributed by atoms with Gasteiger partial charge in [-0.1, -0.05) is 62.4 Å². The van der Waals surface area contributed by atoms with E-state index in [-0.39, 0.29) is 24.3 Å². The molecular formula is C20H24N2O2. The van der Waals surface area contributed by atoms with Crippen LogP contribution >= 0.6 is 0 Å². The lowest BCUT2D eigenvalue weighted by atomic mass is 10.0. The molecule has 4 nitrogen and oxygen atoms in total. The third-order valence-electron chi connectivity index (χ3n) is 3.64. The molecule has 4 heteroatoms. The van der Waals surface area contributed by atoms with Gasteiger partial charge in [0.2, 0.25) is 5.91 Å². The van der Waals surface area contributed by atoms with Gasteiger partial charge in [0.1, 0.15) is 0 Å². The van der Waals surface area contributed by atoms with Crippen molar-refractivity contribution < 1.29 is 9.59 Å². The highest BCUT2D eigenvalue weighted by Crippen LogP contribution is 2.17. The maximum Gasteiger partial charge on any atom is 0.251 e. The highest BCUT2D eigenvalue weighted by atomic mass is 16.2. The van der Waals surface area contributed by atoms with Crippen molar-refractivity contribution in [3.05, 3.63) is 71.8 Å². The summed E-state index contributed by atoms with van der Waals surface area (Å²) in [4.78, 5) is 24.6. The van der Waals surface area contributed by atoms with E-state index < -0.39 is 0 Å². The van der Waals surface area contributed by atoms with Crippen LogP contribution in [0.2, 0.25) is 0 Å². The van der Waals surface area contributed by atoms with Crippen molar-refractivity contribution in [3.8, 4) is 0 Å². The molecular weight excluding hydrogens is 300 g/mol. The van der Waals surface area contributed by atoms with Crippen molar-refractivity contribution in [1.82, 2.24) is 10.6 Å². The van der Waals surface area contributed by atoms with E-state index in [1.807, 2.05) is 62.4 Å². The van der Waals surface area contributed by atoms with Gasteiger partial charge in [0, 0.05) is 12.1 Å². The summed E-state index contributed by atoms with van der Waals surface area (Å²) in [6.45, 7) is 4.73. The lowest BCUT2D eigenvalue weighted by molar-refractivity contribution is -0.121. The van der Waals surface area contributed by atoms with Crippen LogP contribution in [-0.2, 0) is 4.79 Å². The highest BCUT2D eigenvalue weighted by Gasteiger charge is 2.19. The molecule has 1 atom stereocenters. The summed E-state index contributed by atoms with van der Waals surface area (Å²) in [6.07, 6.45) is 0.218. The maximum absolute atomic E-state index is 12.4. The second kappa shape index (κ2) is 8.87. The Morgan fingerprint density at radius 1 is 0.917 bits per heavy atom. The lowest BCUT2D eigenvalue weighted by Gasteiger charge is -2.19. The van der Waals surface area contributed by atoms with Crippen molar-refractivity contribution in [3.63, 3.8) is 0 Å². The Kier molecular flexibility index (Phi) is 6.55. The van der Waals surface area contributed by atoms with E-state index in [1.54, 1.807) is 12.1 Å². The zero-order valence-electron chi connectivity index (χ0n) is 14.2. The second-order valence-corrected chi connectivity index (χ2v) is 6.20. The quantitative estimate of drug-likeness (QED) is 0.821. The van der Waals surface area contributed by atoms with E-state index in [4.69, 9.17) is 0 Å². The molecule has 0 aromatic heterocycles. The van der Waals surface area contributed by atoms with Crippen LogP contribution in [0.25, 0.3) is 0 Å². The minimum Gasteiger partial charge on any atom is -0.356 e. The minimum absolute atomic E-state index is 0.0640. The van der Waals surface area contributed by atoms with E-state index in [0.717, 1.165) is 5.56 Å². The van der Waals surface area contributed by atoms with Crippen LogP contribution in [0.4, 0.5) is 0 Å². The van der Waals surface area contributed by atoms with Crippen LogP contribution in [-0.4, -0.2) is 18.4 Å². The van der Waals surface area contributed by atoms with Gasteiger partial charge in [-0.3, -0.25) is 9.59 Å². The largest absolute Gasteiger partial charge is 0.356 e. The van der Waals surface area contributed by atoms with Crippen LogP contribution in [0, 0.1) is 5.92 Å². The lowest BCUT2D eigenvalue weighted by Crippen LogP contribution is -2.35. The fraction of sp³-hybridized carbons (Fsp3) is 0.300. The Morgan fingerprint density at radius 3 is 2.08 bits per heavy atom. The fourth-order valence-corrected chi connectivity index (χ4v) is 2.34. The molecule has 0 spiro atoms. The molecule has 126 valence electrons. The zero-order chi connectivity index (χ0) is 17.4. The fourth-order valence-electron chi connectivity index (χ4n) is 2.34. The Labute approximate surface area is 143 Å². The third-order valence-corrected chi connectivity index (χ3v) is 3.64. The molecule has 0 radical (unpaired) electrons. The topological polar surface area (TPSA) is 58.2 Å². The number of benzene rings is 2. The molecule has 0 bridgehead atoms. The number of carbonyl (C=O) groups excluding carboxylic acids is 2. The van der Waals surface area contributed by atoms with Crippen molar-refractivity contribution in [1.29, 1.82) is 0 Å². The molecule has 2 rings (SSSR count). The Balaban J connectivity index is 2.09. The monoisotopic (exact) mass is 324 g/mol. The van der Waals surface area contributed by atoms with Gasteiger partial charge in [0.15, 0.2) is 0 Å². The van der Waals surface area contributed by atoms with Crippen LogP contribution in [0.5, 0.6) is 0 Å². The van der Waals surface area contributed by atoms with E-state index in [2.05, 4.69) is 10.6 Å². The van der Waals surface area contributed by atoms with Gasteiger partial charge in [-0.2, -0.15) is 0 Å². The molecule has 24 heavy (non-hydrogen) atoms. The summed E-state index contributed by atoms with van der Waals surface area (Å²) in [5.41, 5.74) is 1.50. The van der Waals surface area contributed by atoms with Crippen LogP contribution in [0.15, 0.2) is 60.7 Å². The molecule has 0 aliphatic rings. The number of hydrogen-bond acceptors (Lipinski definition) is 2. The van der Waals surface area contributed by atoms with Gasteiger partial charge in [-0.05, 0) is 23.6 Å². The van der Waals surface area contributed by atoms with E-state index in [9.17, 15) is 9.59 Å². The molecule has 0 heterocycles. The third kappa shape index (κ3) is 5.54. The summed E-state index contributed by atoms with van der Waals surface area (Å²) < 4.78 is 0. The van der Waals surface area contributed by atoms with Crippen LogP contribution in [0.3, 0.4) is 0 Å². The predicted molar refractivity (Wildman–Crippen MR) is 95.6 cm³/mol. The molecule has 2 aromatic carbocycles. The second-order valence-electron chi connectivity index (χ2n) is 6.20. The Morgan fingerprint density at radius 2 is 1.50 bits per heavy atom. The molecule has 0 saturated heterocycles. The van der Waals surface area contributed by atoms with Gasteiger partial charge in [-0.25, -0.2) is 0 Å². The van der Waals surface area contributed by atoms with E-state index in [0.29, 0.717) is 18.0 Å². The molecule has 0 aliphatic carbocycles. The number of rotatable bonds is 7. The van der Waals surface area contributed by atoms with Crippen molar-refractivity contribution >= 4 is 11.8 Å². The van der Waals surface area contributed by atoms with Crippen molar-refractivity contribution in [2.24, 2.45) is 5.92 Å². The summed E-state index contributed by atoms with van der Waals surface area (Å²) in [5, 5.41) is 5.87. The smallest absolute Gasteiger partial charge is 0.251 e. The number of carbonyl (C=O) groups is 2. The van der Waals surface area contributed by atoms with Gasteiger partial charge >= 0.3 is 0 Å². The highest BCUT2D eigenvalue weighted by molar-refractivity contribution is 5.94. The van der Waals surface area contributed by atoms with Crippen LogP contribution < -0.4 is 10.6 Å². The van der Waals surface area contributed by atoms with Crippen molar-refractivity contribution in [2.45, 2.75) is 26.3 Å². The van der Waals surface area contributed by atoms with Gasteiger partial charge in [-0.15, -0.1) is 0 Å². The molecule has 0 unspecified atom stereocenters. The normalized spacial score (nSPS) is 11.8. The van der Waals surface area contributed by atoms with E-state index in [1.165, 1.54) is 0 Å². The molecule has 2 aromatic rings. The number of amides is 2. The first-order chi connectivity index (χ1) is 11.6. The first-order valence-corrected chi connectivity index (χ1v) is 8.24. The van der Waals surface area contributed by atoms with Gasteiger partial charge < -0.3 is 10.6 Å². The average Bonchev–Trinajstić information content (AvgIpc) is 2.61. The molecule has 2 amide bonds. The SMILES string of the molecule is CC(C)CNC(=O)C[C@H](NC(=O)c1ccccc1)c1ccccc1. The predicted octanol–water partition coefficient (Wildman–Crippen LogP) is 3.32. The summed E-state index contributed by atoms with van der Waals surface area (Å²) in [5.74, 6) is 0.148. The van der Waals surface area contributed by atoms with E-state index >= 15 is 0 Å². The van der Waals surface area contributed by atoms with Gasteiger partial charge in [0.25, 0.3) is 5.91 Å². The first-order valence-electron chi connectivity index (χ1n) is 8.24. The first kappa shape index (κ1) is 17.7. The Bertz CT molecular complexity index is 654. The summed E-state index contributed by atoms with van der Waals surface area (Å²) >= 11 is 0. The number of nitrogens with one attached hydrogen (secondary N) is 2.